The molecule has 1 aromatic rings. The number of hydrogen-bond donors (Lipinski definition) is 1. The molecule has 19 heavy (non-hydrogen) atoms. The Morgan fingerprint density at radius 3 is 2.21 bits per heavy atom. The van der Waals surface area contributed by atoms with Gasteiger partial charge in [-0.3, -0.25) is 0 Å². The maximum absolute atomic E-state index is 13.8. The molecule has 0 saturated carbocycles. The molecule has 0 spiro atoms. The highest BCUT2D eigenvalue weighted by molar-refractivity contribution is 5.27. The van der Waals surface area contributed by atoms with Crippen LogP contribution in [0.4, 0.5) is 8.78 Å². The van der Waals surface area contributed by atoms with Crippen LogP contribution in [0, 0.1) is 24.5 Å². The first-order valence-electron chi connectivity index (χ1n) is 7.02. The van der Waals surface area contributed by atoms with Gasteiger partial charge in [-0.1, -0.05) is 13.8 Å². The Balaban J connectivity index is 2.67. The van der Waals surface area contributed by atoms with Crippen LogP contribution in [0.25, 0.3) is 0 Å². The third-order valence-corrected chi connectivity index (χ3v) is 3.46. The standard InChI is InChI=1S/C16H25F2N/c1-10(2)6-7-12(4)19-13(5)14-9-15(17)11(3)8-16(14)18/h8-10,12-13,19H,6-7H2,1-5H3. The van der Waals surface area contributed by atoms with Crippen molar-refractivity contribution < 1.29 is 8.78 Å². The van der Waals surface area contributed by atoms with Crippen LogP contribution in [0.3, 0.4) is 0 Å². The molecule has 0 amide bonds. The number of aryl methyl sites for hydroxylation is 1. The fourth-order valence-electron chi connectivity index (χ4n) is 2.18. The van der Waals surface area contributed by atoms with Gasteiger partial charge in [0.1, 0.15) is 11.6 Å². The van der Waals surface area contributed by atoms with E-state index in [2.05, 4.69) is 26.1 Å². The van der Waals surface area contributed by atoms with Gasteiger partial charge in [-0.05, 0) is 57.2 Å². The summed E-state index contributed by atoms with van der Waals surface area (Å²) in [6, 6.07) is 2.68. The monoisotopic (exact) mass is 269 g/mol. The first kappa shape index (κ1) is 16.1. The van der Waals surface area contributed by atoms with Crippen molar-refractivity contribution in [3.05, 3.63) is 34.9 Å². The minimum atomic E-state index is -0.347. The number of halogens is 2. The molecule has 0 heterocycles. The summed E-state index contributed by atoms with van der Waals surface area (Å²) >= 11 is 0. The zero-order valence-corrected chi connectivity index (χ0v) is 12.6. The third-order valence-electron chi connectivity index (χ3n) is 3.46. The molecule has 108 valence electrons. The molecule has 1 N–H and O–H groups in total. The summed E-state index contributed by atoms with van der Waals surface area (Å²) in [5.74, 6) is -0.0250. The average molecular weight is 269 g/mol. The topological polar surface area (TPSA) is 12.0 Å². The van der Waals surface area contributed by atoms with Gasteiger partial charge in [-0.15, -0.1) is 0 Å². The van der Waals surface area contributed by atoms with Gasteiger partial charge in [-0.2, -0.15) is 0 Å². The van der Waals surface area contributed by atoms with Crippen LogP contribution >= 0.6 is 0 Å². The van der Waals surface area contributed by atoms with E-state index in [0.29, 0.717) is 23.1 Å². The lowest BCUT2D eigenvalue weighted by Crippen LogP contribution is -2.29. The van der Waals surface area contributed by atoms with Gasteiger partial charge in [0.15, 0.2) is 0 Å². The van der Waals surface area contributed by atoms with Crippen molar-refractivity contribution in [1.82, 2.24) is 5.32 Å². The van der Waals surface area contributed by atoms with Crippen molar-refractivity contribution in [2.24, 2.45) is 5.92 Å². The minimum absolute atomic E-state index is 0.183. The Bertz CT molecular complexity index is 415. The van der Waals surface area contributed by atoms with E-state index >= 15 is 0 Å². The largest absolute Gasteiger partial charge is 0.308 e. The van der Waals surface area contributed by atoms with E-state index in [4.69, 9.17) is 0 Å². The lowest BCUT2D eigenvalue weighted by atomic mass is 10.0. The van der Waals surface area contributed by atoms with Crippen molar-refractivity contribution in [3.63, 3.8) is 0 Å². The van der Waals surface area contributed by atoms with Crippen LogP contribution in [0.5, 0.6) is 0 Å². The molecule has 1 rings (SSSR count). The lowest BCUT2D eigenvalue weighted by molar-refractivity contribution is 0.408. The maximum Gasteiger partial charge on any atom is 0.128 e. The SMILES string of the molecule is Cc1cc(F)c(C(C)NC(C)CCC(C)C)cc1F. The van der Waals surface area contributed by atoms with E-state index in [0.717, 1.165) is 12.8 Å². The second kappa shape index (κ2) is 6.99. The molecule has 1 aromatic carbocycles. The van der Waals surface area contributed by atoms with Crippen molar-refractivity contribution in [2.45, 2.75) is 59.5 Å². The quantitative estimate of drug-likeness (QED) is 0.786. The van der Waals surface area contributed by atoms with E-state index in [1.165, 1.54) is 12.1 Å². The van der Waals surface area contributed by atoms with E-state index in [1.807, 2.05) is 6.92 Å². The fourth-order valence-corrected chi connectivity index (χ4v) is 2.18. The highest BCUT2D eigenvalue weighted by atomic mass is 19.1. The molecule has 0 saturated heterocycles. The Hall–Kier alpha value is -0.960. The van der Waals surface area contributed by atoms with Gasteiger partial charge < -0.3 is 5.32 Å². The van der Waals surface area contributed by atoms with Crippen LogP contribution in [0.2, 0.25) is 0 Å². The van der Waals surface area contributed by atoms with Gasteiger partial charge in [-0.25, -0.2) is 8.78 Å². The maximum atomic E-state index is 13.8. The number of rotatable bonds is 6. The van der Waals surface area contributed by atoms with E-state index in [1.54, 1.807) is 6.92 Å². The molecule has 0 radical (unpaired) electrons. The number of hydrogen-bond acceptors (Lipinski definition) is 1. The second-order valence-corrected chi connectivity index (χ2v) is 5.88. The van der Waals surface area contributed by atoms with Crippen LogP contribution in [-0.2, 0) is 0 Å². The predicted octanol–water partition coefficient (Wildman–Crippen LogP) is 4.75. The first-order chi connectivity index (χ1) is 8.81. The lowest BCUT2D eigenvalue weighted by Gasteiger charge is -2.21. The van der Waals surface area contributed by atoms with Gasteiger partial charge >= 0.3 is 0 Å². The summed E-state index contributed by atoms with van der Waals surface area (Å²) < 4.78 is 27.4. The molecule has 0 aliphatic heterocycles. The normalized spacial score (nSPS) is 14.7. The molecule has 0 bridgehead atoms. The molecular weight excluding hydrogens is 244 g/mol. The Labute approximate surface area is 115 Å². The molecular formula is C16H25F2N. The van der Waals surface area contributed by atoms with Gasteiger partial charge in [0, 0.05) is 17.6 Å². The summed E-state index contributed by atoms with van der Waals surface area (Å²) in [6.07, 6.45) is 2.17. The van der Waals surface area contributed by atoms with E-state index in [-0.39, 0.29) is 17.7 Å². The summed E-state index contributed by atoms with van der Waals surface area (Å²) in [4.78, 5) is 0. The highest BCUT2D eigenvalue weighted by Gasteiger charge is 2.15. The first-order valence-corrected chi connectivity index (χ1v) is 7.02. The molecule has 2 atom stereocenters. The molecule has 0 aliphatic rings. The third kappa shape index (κ3) is 4.90. The average Bonchev–Trinajstić information content (AvgIpc) is 2.31. The molecule has 0 aromatic heterocycles. The van der Waals surface area contributed by atoms with E-state index < -0.39 is 0 Å². The molecule has 3 heteroatoms. The molecule has 0 aliphatic carbocycles. The fraction of sp³-hybridized carbons (Fsp3) is 0.625. The minimum Gasteiger partial charge on any atom is -0.308 e. The second-order valence-electron chi connectivity index (χ2n) is 5.88. The molecule has 0 fully saturated rings. The summed E-state index contributed by atoms with van der Waals surface area (Å²) in [7, 11) is 0. The van der Waals surface area contributed by atoms with Crippen LogP contribution in [-0.4, -0.2) is 6.04 Å². The smallest absolute Gasteiger partial charge is 0.128 e. The van der Waals surface area contributed by atoms with Crippen LogP contribution in [0.15, 0.2) is 12.1 Å². The summed E-state index contributed by atoms with van der Waals surface area (Å²) in [5, 5.41) is 3.33. The van der Waals surface area contributed by atoms with Gasteiger partial charge in [0.2, 0.25) is 0 Å². The van der Waals surface area contributed by atoms with Crippen LogP contribution < -0.4 is 5.32 Å². The Morgan fingerprint density at radius 1 is 1.00 bits per heavy atom. The summed E-state index contributed by atoms with van der Waals surface area (Å²) in [5.41, 5.74) is 0.751. The van der Waals surface area contributed by atoms with Gasteiger partial charge in [0.25, 0.3) is 0 Å². The number of nitrogens with one attached hydrogen (secondary N) is 1. The van der Waals surface area contributed by atoms with E-state index in [9.17, 15) is 8.78 Å². The van der Waals surface area contributed by atoms with Crippen molar-refractivity contribution in [3.8, 4) is 0 Å². The molecule has 2 unspecified atom stereocenters. The van der Waals surface area contributed by atoms with Crippen LogP contribution in [0.1, 0.15) is 57.7 Å². The van der Waals surface area contributed by atoms with Crippen molar-refractivity contribution in [1.29, 1.82) is 0 Å². The zero-order chi connectivity index (χ0) is 14.6. The Morgan fingerprint density at radius 2 is 1.63 bits per heavy atom. The predicted molar refractivity (Wildman–Crippen MR) is 76.2 cm³/mol. The zero-order valence-electron chi connectivity index (χ0n) is 12.6. The molecule has 1 nitrogen and oxygen atoms in total. The van der Waals surface area contributed by atoms with Crippen molar-refractivity contribution >= 4 is 0 Å². The summed E-state index contributed by atoms with van der Waals surface area (Å²) in [6.45, 7) is 9.91. The number of benzene rings is 1. The van der Waals surface area contributed by atoms with Crippen molar-refractivity contribution in [2.75, 3.05) is 0 Å². The van der Waals surface area contributed by atoms with Gasteiger partial charge in [0.05, 0.1) is 0 Å². The Kier molecular flexibility index (Phi) is 5.92. The highest BCUT2D eigenvalue weighted by Crippen LogP contribution is 2.21.